The Morgan fingerprint density at radius 3 is 2.94 bits per heavy atom. The van der Waals surface area contributed by atoms with Crippen LogP contribution in [0.4, 0.5) is 5.69 Å². The molecule has 0 saturated carbocycles. The lowest BCUT2D eigenvalue weighted by Gasteiger charge is -2.21. The zero-order chi connectivity index (χ0) is 12.5. The SMILES string of the molecule is Cc1cccc2c1CCCN(c1cnn(C)c1)C2. The number of hydrogen-bond donors (Lipinski definition) is 0. The van der Waals surface area contributed by atoms with E-state index in [1.165, 1.54) is 29.7 Å². The second-order valence-corrected chi connectivity index (χ2v) is 5.11. The van der Waals surface area contributed by atoms with Gasteiger partial charge in [0, 0.05) is 26.3 Å². The van der Waals surface area contributed by atoms with Gasteiger partial charge in [-0.05, 0) is 36.5 Å². The number of fused-ring (bicyclic) bond motifs is 1. The van der Waals surface area contributed by atoms with E-state index in [9.17, 15) is 0 Å². The van der Waals surface area contributed by atoms with Gasteiger partial charge < -0.3 is 4.90 Å². The molecule has 1 aliphatic rings. The Morgan fingerprint density at radius 2 is 2.17 bits per heavy atom. The molecule has 1 aliphatic heterocycles. The van der Waals surface area contributed by atoms with Crippen molar-refractivity contribution in [3.05, 3.63) is 47.3 Å². The van der Waals surface area contributed by atoms with Crippen LogP contribution in [0.25, 0.3) is 0 Å². The van der Waals surface area contributed by atoms with Gasteiger partial charge in [-0.1, -0.05) is 18.2 Å². The van der Waals surface area contributed by atoms with Crippen molar-refractivity contribution in [2.24, 2.45) is 7.05 Å². The van der Waals surface area contributed by atoms with Crippen LogP contribution in [0.1, 0.15) is 23.1 Å². The van der Waals surface area contributed by atoms with E-state index in [4.69, 9.17) is 0 Å². The van der Waals surface area contributed by atoms with Gasteiger partial charge in [-0.2, -0.15) is 5.10 Å². The summed E-state index contributed by atoms with van der Waals surface area (Å²) in [5, 5.41) is 4.27. The third kappa shape index (κ3) is 2.01. The number of aromatic nitrogens is 2. The zero-order valence-corrected chi connectivity index (χ0v) is 11.1. The summed E-state index contributed by atoms with van der Waals surface area (Å²) >= 11 is 0. The molecule has 0 spiro atoms. The highest BCUT2D eigenvalue weighted by Gasteiger charge is 2.16. The predicted octanol–water partition coefficient (Wildman–Crippen LogP) is 2.68. The highest BCUT2D eigenvalue weighted by Crippen LogP contribution is 2.25. The molecule has 2 aromatic rings. The van der Waals surface area contributed by atoms with Gasteiger partial charge in [0.05, 0.1) is 11.9 Å². The maximum absolute atomic E-state index is 4.27. The number of aryl methyl sites for hydroxylation is 2. The molecule has 0 aliphatic carbocycles. The van der Waals surface area contributed by atoms with E-state index in [2.05, 4.69) is 41.3 Å². The van der Waals surface area contributed by atoms with Crippen LogP contribution in [-0.4, -0.2) is 16.3 Å². The summed E-state index contributed by atoms with van der Waals surface area (Å²) in [6.07, 6.45) is 6.47. The smallest absolute Gasteiger partial charge is 0.0755 e. The number of rotatable bonds is 1. The summed E-state index contributed by atoms with van der Waals surface area (Å²) in [7, 11) is 1.97. The summed E-state index contributed by atoms with van der Waals surface area (Å²) in [6, 6.07) is 6.65. The van der Waals surface area contributed by atoms with Gasteiger partial charge >= 0.3 is 0 Å². The first-order valence-corrected chi connectivity index (χ1v) is 6.55. The molecule has 0 bridgehead atoms. The molecule has 0 radical (unpaired) electrons. The number of benzene rings is 1. The predicted molar refractivity (Wildman–Crippen MR) is 73.8 cm³/mol. The summed E-state index contributed by atoms with van der Waals surface area (Å²) in [4.78, 5) is 2.43. The molecule has 18 heavy (non-hydrogen) atoms. The average molecular weight is 241 g/mol. The van der Waals surface area contributed by atoms with Crippen LogP contribution in [0, 0.1) is 6.92 Å². The summed E-state index contributed by atoms with van der Waals surface area (Å²) in [6.45, 7) is 4.33. The van der Waals surface area contributed by atoms with Crippen LogP contribution >= 0.6 is 0 Å². The first kappa shape index (κ1) is 11.3. The second-order valence-electron chi connectivity index (χ2n) is 5.11. The molecule has 0 atom stereocenters. The van der Waals surface area contributed by atoms with Crippen molar-refractivity contribution >= 4 is 5.69 Å². The fraction of sp³-hybridized carbons (Fsp3) is 0.400. The largest absolute Gasteiger partial charge is 0.365 e. The van der Waals surface area contributed by atoms with Crippen molar-refractivity contribution in [3.8, 4) is 0 Å². The van der Waals surface area contributed by atoms with E-state index in [0.29, 0.717) is 0 Å². The van der Waals surface area contributed by atoms with Crippen molar-refractivity contribution in [3.63, 3.8) is 0 Å². The van der Waals surface area contributed by atoms with Crippen LogP contribution in [0.15, 0.2) is 30.6 Å². The monoisotopic (exact) mass is 241 g/mol. The summed E-state index contributed by atoms with van der Waals surface area (Å²) in [5.41, 5.74) is 5.67. The van der Waals surface area contributed by atoms with E-state index in [-0.39, 0.29) is 0 Å². The third-order valence-corrected chi connectivity index (χ3v) is 3.78. The van der Waals surface area contributed by atoms with Crippen molar-refractivity contribution < 1.29 is 0 Å². The first-order valence-electron chi connectivity index (χ1n) is 6.55. The molecule has 1 aromatic carbocycles. The van der Waals surface area contributed by atoms with Crippen LogP contribution in [0.5, 0.6) is 0 Å². The maximum atomic E-state index is 4.27. The molecular weight excluding hydrogens is 222 g/mol. The van der Waals surface area contributed by atoms with Crippen LogP contribution in [-0.2, 0) is 20.0 Å². The van der Waals surface area contributed by atoms with Crippen molar-refractivity contribution in [1.29, 1.82) is 0 Å². The minimum absolute atomic E-state index is 1.00. The van der Waals surface area contributed by atoms with Gasteiger partial charge in [0.1, 0.15) is 0 Å². The van der Waals surface area contributed by atoms with E-state index in [1.54, 1.807) is 5.56 Å². The van der Waals surface area contributed by atoms with E-state index in [0.717, 1.165) is 13.1 Å². The van der Waals surface area contributed by atoms with Gasteiger partial charge in [-0.3, -0.25) is 4.68 Å². The van der Waals surface area contributed by atoms with Crippen LogP contribution in [0.3, 0.4) is 0 Å². The fourth-order valence-corrected chi connectivity index (χ4v) is 2.79. The lowest BCUT2D eigenvalue weighted by molar-refractivity contribution is 0.756. The van der Waals surface area contributed by atoms with Gasteiger partial charge in [0.2, 0.25) is 0 Å². The molecule has 94 valence electrons. The van der Waals surface area contributed by atoms with Crippen LogP contribution in [0.2, 0.25) is 0 Å². The molecule has 0 fully saturated rings. The topological polar surface area (TPSA) is 21.1 Å². The molecule has 0 amide bonds. The Morgan fingerprint density at radius 1 is 1.28 bits per heavy atom. The van der Waals surface area contributed by atoms with Gasteiger partial charge in [0.15, 0.2) is 0 Å². The van der Waals surface area contributed by atoms with E-state index >= 15 is 0 Å². The normalized spacial score (nSPS) is 15.3. The van der Waals surface area contributed by atoms with Crippen LogP contribution < -0.4 is 4.90 Å². The Balaban J connectivity index is 1.93. The minimum Gasteiger partial charge on any atom is -0.365 e. The van der Waals surface area contributed by atoms with Crippen molar-refractivity contribution in [2.75, 3.05) is 11.4 Å². The number of nitrogens with zero attached hydrogens (tertiary/aromatic N) is 3. The quantitative estimate of drug-likeness (QED) is 0.765. The Kier molecular flexibility index (Phi) is 2.82. The van der Waals surface area contributed by atoms with E-state index in [1.807, 2.05) is 17.9 Å². The molecule has 3 rings (SSSR count). The number of anilines is 1. The first-order chi connectivity index (χ1) is 8.74. The van der Waals surface area contributed by atoms with Gasteiger partial charge in [-0.15, -0.1) is 0 Å². The van der Waals surface area contributed by atoms with Gasteiger partial charge in [-0.25, -0.2) is 0 Å². The molecule has 0 saturated heterocycles. The maximum Gasteiger partial charge on any atom is 0.0755 e. The molecule has 1 aromatic heterocycles. The van der Waals surface area contributed by atoms with Gasteiger partial charge in [0.25, 0.3) is 0 Å². The molecule has 3 nitrogen and oxygen atoms in total. The standard InChI is InChI=1S/C15H19N3/c1-12-5-3-6-13-10-18(8-4-7-15(12)13)14-9-16-17(2)11-14/h3,5-6,9,11H,4,7-8,10H2,1-2H3. The van der Waals surface area contributed by atoms with Crippen molar-refractivity contribution in [1.82, 2.24) is 9.78 Å². The molecule has 0 unspecified atom stereocenters. The fourth-order valence-electron chi connectivity index (χ4n) is 2.79. The zero-order valence-electron chi connectivity index (χ0n) is 11.1. The second kappa shape index (κ2) is 4.48. The molecule has 0 N–H and O–H groups in total. The molecule has 3 heteroatoms. The average Bonchev–Trinajstić information content (AvgIpc) is 2.66. The molecular formula is C15H19N3. The lowest BCUT2D eigenvalue weighted by atomic mass is 9.99. The van der Waals surface area contributed by atoms with E-state index < -0.39 is 0 Å². The Bertz CT molecular complexity index is 557. The Labute approximate surface area is 108 Å². The number of hydrogen-bond acceptors (Lipinski definition) is 2. The third-order valence-electron chi connectivity index (χ3n) is 3.78. The van der Waals surface area contributed by atoms with Crippen molar-refractivity contribution in [2.45, 2.75) is 26.3 Å². The minimum atomic E-state index is 1.00. The lowest BCUT2D eigenvalue weighted by Crippen LogP contribution is -2.21. The Hall–Kier alpha value is -1.77. The highest BCUT2D eigenvalue weighted by molar-refractivity contribution is 5.46. The molecule has 2 heterocycles. The summed E-state index contributed by atoms with van der Waals surface area (Å²) in [5.74, 6) is 0. The highest BCUT2D eigenvalue weighted by atomic mass is 15.3. The summed E-state index contributed by atoms with van der Waals surface area (Å²) < 4.78 is 1.87.